The van der Waals surface area contributed by atoms with Crippen molar-refractivity contribution in [3.8, 4) is 0 Å². The van der Waals surface area contributed by atoms with Gasteiger partial charge in [0.05, 0.1) is 16.8 Å². The van der Waals surface area contributed by atoms with E-state index in [4.69, 9.17) is 0 Å². The summed E-state index contributed by atoms with van der Waals surface area (Å²) in [4.78, 5) is 27.5. The molecule has 2 rings (SSSR count). The Morgan fingerprint density at radius 3 is 1.89 bits per heavy atom. The lowest BCUT2D eigenvalue weighted by atomic mass is 9.86. The van der Waals surface area contributed by atoms with E-state index in [2.05, 4.69) is 4.98 Å². The molecule has 1 unspecified atom stereocenters. The lowest BCUT2D eigenvalue weighted by molar-refractivity contribution is -0.389. The van der Waals surface area contributed by atoms with Gasteiger partial charge in [-0.25, -0.2) is 9.18 Å². The second-order valence-electron chi connectivity index (χ2n) is 6.76. The van der Waals surface area contributed by atoms with Crippen molar-refractivity contribution < 1.29 is 62.3 Å². The number of pyridine rings is 1. The Balaban J connectivity index is 2.63. The largest absolute Gasteiger partial charge is 0.457 e. The monoisotopic (exact) mass is 653 g/mol. The van der Waals surface area contributed by atoms with E-state index in [9.17, 15) is 62.3 Å². The molecule has 1 heterocycles. The number of alkyl halides is 12. The summed E-state index contributed by atoms with van der Waals surface area (Å²) in [5.74, 6) is -8.42. The van der Waals surface area contributed by atoms with Gasteiger partial charge in [0.25, 0.3) is 5.91 Å². The number of carbonyl (C=O) groups is 2. The van der Waals surface area contributed by atoms with Gasteiger partial charge in [0.15, 0.2) is 0 Å². The molecule has 0 aliphatic carbocycles. The summed E-state index contributed by atoms with van der Waals surface area (Å²) < 4.78 is 159. The molecule has 5 nitrogen and oxygen atoms in total. The Hall–Kier alpha value is -2.80. The highest BCUT2D eigenvalue weighted by atomic mass is 127. The van der Waals surface area contributed by atoms with Gasteiger partial charge in [0, 0.05) is 21.5 Å². The number of carbonyl (C=O) groups excluding carboxylic acids is 2. The van der Waals surface area contributed by atoms with E-state index in [-0.39, 0.29) is 11.6 Å². The molecule has 1 aromatic carbocycles. The third kappa shape index (κ3) is 5.46. The highest BCUT2D eigenvalue weighted by Crippen LogP contribution is 2.59. The number of urea groups is 1. The normalized spacial score (nSPS) is 14.7. The fourth-order valence-corrected chi connectivity index (χ4v) is 3.45. The number of nitrogens with one attached hydrogen (secondary N) is 2. The first-order valence-electron chi connectivity index (χ1n) is 8.78. The first-order valence-corrected chi connectivity index (χ1v) is 9.86. The minimum atomic E-state index is -7.22. The first-order chi connectivity index (χ1) is 16.1. The third-order valence-electron chi connectivity index (χ3n) is 4.36. The lowest BCUT2D eigenvalue weighted by Gasteiger charge is -2.36. The second kappa shape index (κ2) is 9.58. The standard InChI is InChI=1S/C18H8F12IN3O2/c19-14(17(25,26)27,16(23,24)18(28,29)30)8-4-9(15(20,21)22)11(10(31)5-8)33-13(36)34-12(35)7-2-1-3-32-6-7/h1-6H,(H2,33,34,35,36). The van der Waals surface area contributed by atoms with Gasteiger partial charge in [0.2, 0.25) is 0 Å². The third-order valence-corrected chi connectivity index (χ3v) is 5.21. The summed E-state index contributed by atoms with van der Waals surface area (Å²) in [5, 5.41) is 2.98. The van der Waals surface area contributed by atoms with E-state index in [1.807, 2.05) is 0 Å². The Kier molecular flexibility index (Phi) is 7.83. The maximum atomic E-state index is 14.7. The number of aromatic nitrogens is 1. The number of hydrogen-bond donors (Lipinski definition) is 2. The van der Waals surface area contributed by atoms with Crippen LogP contribution in [0.25, 0.3) is 0 Å². The number of imide groups is 1. The fourth-order valence-electron chi connectivity index (χ4n) is 2.69. The molecule has 0 aliphatic heterocycles. The molecule has 2 aromatic rings. The van der Waals surface area contributed by atoms with E-state index in [0.29, 0.717) is 0 Å². The zero-order valence-corrected chi connectivity index (χ0v) is 18.8. The van der Waals surface area contributed by atoms with Gasteiger partial charge in [0.1, 0.15) is 0 Å². The molecule has 0 bridgehead atoms. The average Bonchev–Trinajstić information content (AvgIpc) is 2.72. The summed E-state index contributed by atoms with van der Waals surface area (Å²) in [5.41, 5.74) is -13.5. The van der Waals surface area contributed by atoms with Crippen molar-refractivity contribution in [2.75, 3.05) is 5.32 Å². The molecular formula is C18H8F12IN3O2. The summed E-state index contributed by atoms with van der Waals surface area (Å²) in [7, 11) is 0. The van der Waals surface area contributed by atoms with Crippen LogP contribution in [0.3, 0.4) is 0 Å². The smallest absolute Gasteiger partial charge is 0.306 e. The summed E-state index contributed by atoms with van der Waals surface area (Å²) in [6.45, 7) is 0. The number of rotatable bonds is 4. The van der Waals surface area contributed by atoms with Crippen LogP contribution in [0.1, 0.15) is 21.5 Å². The van der Waals surface area contributed by atoms with Crippen molar-refractivity contribution in [3.05, 3.63) is 56.9 Å². The summed E-state index contributed by atoms with van der Waals surface area (Å²) in [6.07, 6.45) is -17.8. The maximum Gasteiger partial charge on any atom is 0.457 e. The van der Waals surface area contributed by atoms with Crippen molar-refractivity contribution in [2.45, 2.75) is 30.1 Å². The number of hydrogen-bond acceptors (Lipinski definition) is 3. The van der Waals surface area contributed by atoms with Crippen LogP contribution in [-0.2, 0) is 11.8 Å². The van der Waals surface area contributed by atoms with Crippen molar-refractivity contribution in [2.24, 2.45) is 0 Å². The number of halogens is 13. The molecule has 0 saturated carbocycles. The quantitative estimate of drug-likeness (QED) is 0.289. The molecule has 3 amide bonds. The van der Waals surface area contributed by atoms with Gasteiger partial charge in [-0.05, 0) is 46.9 Å². The van der Waals surface area contributed by atoms with E-state index >= 15 is 0 Å². The number of amides is 3. The number of anilines is 1. The Labute approximate surface area is 205 Å². The van der Waals surface area contributed by atoms with Crippen molar-refractivity contribution in [1.29, 1.82) is 0 Å². The van der Waals surface area contributed by atoms with Gasteiger partial charge in [-0.1, -0.05) is 0 Å². The molecule has 36 heavy (non-hydrogen) atoms. The topological polar surface area (TPSA) is 71.1 Å². The summed E-state index contributed by atoms with van der Waals surface area (Å²) >= 11 is 0.750. The van der Waals surface area contributed by atoms with Crippen LogP contribution in [0, 0.1) is 3.57 Å². The molecule has 18 heteroatoms. The minimum Gasteiger partial charge on any atom is -0.306 e. The molecule has 0 aliphatic rings. The predicted octanol–water partition coefficient (Wildman–Crippen LogP) is 6.59. The first kappa shape index (κ1) is 29.4. The van der Waals surface area contributed by atoms with Crippen molar-refractivity contribution in [1.82, 2.24) is 10.3 Å². The van der Waals surface area contributed by atoms with Crippen LogP contribution < -0.4 is 10.6 Å². The molecule has 2 N–H and O–H groups in total. The zero-order valence-electron chi connectivity index (χ0n) is 16.6. The van der Waals surface area contributed by atoms with E-state index < -0.39 is 68.5 Å². The molecule has 1 atom stereocenters. The molecule has 0 fully saturated rings. The molecule has 1 aromatic heterocycles. The van der Waals surface area contributed by atoms with Gasteiger partial charge < -0.3 is 5.32 Å². The molecule has 0 saturated heterocycles. The van der Waals surface area contributed by atoms with Crippen LogP contribution >= 0.6 is 22.6 Å². The molecule has 0 radical (unpaired) electrons. The van der Waals surface area contributed by atoms with E-state index in [0.717, 1.165) is 34.9 Å². The molecule has 0 spiro atoms. The van der Waals surface area contributed by atoms with Crippen molar-refractivity contribution >= 4 is 40.2 Å². The fraction of sp³-hybridized carbons (Fsp3) is 0.278. The van der Waals surface area contributed by atoms with Crippen molar-refractivity contribution in [3.63, 3.8) is 0 Å². The molecular weight excluding hydrogens is 645 g/mol. The van der Waals surface area contributed by atoms with Crippen LogP contribution in [0.4, 0.5) is 63.2 Å². The number of benzene rings is 1. The van der Waals surface area contributed by atoms with Crippen LogP contribution in [0.15, 0.2) is 36.7 Å². The predicted molar refractivity (Wildman–Crippen MR) is 105 cm³/mol. The SMILES string of the molecule is O=C(NC(=O)c1cccnc1)Nc1c(I)cc(C(F)(C(F)(F)F)C(F)(F)C(F)(F)F)cc1C(F)(F)F. The van der Waals surface area contributed by atoms with Gasteiger partial charge in [-0.15, -0.1) is 0 Å². The highest BCUT2D eigenvalue weighted by Gasteiger charge is 2.81. The van der Waals surface area contributed by atoms with E-state index in [1.54, 1.807) is 5.32 Å². The second-order valence-corrected chi connectivity index (χ2v) is 7.92. The molecule has 198 valence electrons. The van der Waals surface area contributed by atoms with Crippen LogP contribution in [0.5, 0.6) is 0 Å². The van der Waals surface area contributed by atoms with E-state index in [1.165, 1.54) is 17.6 Å². The maximum absolute atomic E-state index is 14.7. The van der Waals surface area contributed by atoms with Gasteiger partial charge in [-0.2, -0.15) is 48.3 Å². The van der Waals surface area contributed by atoms with Crippen LogP contribution in [-0.4, -0.2) is 35.2 Å². The lowest BCUT2D eigenvalue weighted by Crippen LogP contribution is -2.59. The Morgan fingerprint density at radius 1 is 0.861 bits per heavy atom. The Morgan fingerprint density at radius 2 is 1.44 bits per heavy atom. The van der Waals surface area contributed by atoms with Gasteiger partial charge >= 0.3 is 36.2 Å². The van der Waals surface area contributed by atoms with Gasteiger partial charge in [-0.3, -0.25) is 15.1 Å². The average molecular weight is 653 g/mol. The number of nitrogens with zero attached hydrogens (tertiary/aromatic N) is 1. The minimum absolute atomic E-state index is 0.254. The Bertz CT molecular complexity index is 1150. The summed E-state index contributed by atoms with van der Waals surface area (Å²) in [6, 6.07) is -0.636. The highest BCUT2D eigenvalue weighted by molar-refractivity contribution is 14.1. The zero-order chi connectivity index (χ0) is 27.9. The van der Waals surface area contributed by atoms with Crippen LogP contribution in [0.2, 0.25) is 0 Å².